The Labute approximate surface area is 121 Å². The molecule has 0 saturated heterocycles. The molecule has 1 unspecified atom stereocenters. The van der Waals surface area contributed by atoms with Gasteiger partial charge in [-0.25, -0.2) is 0 Å². The predicted molar refractivity (Wildman–Crippen MR) is 80.5 cm³/mol. The maximum absolute atomic E-state index is 6.39. The number of benzene rings is 1. The van der Waals surface area contributed by atoms with Crippen molar-refractivity contribution in [2.45, 2.75) is 51.2 Å². The summed E-state index contributed by atoms with van der Waals surface area (Å²) in [6.07, 6.45) is 7.63. The van der Waals surface area contributed by atoms with E-state index < -0.39 is 0 Å². The van der Waals surface area contributed by atoms with Crippen molar-refractivity contribution in [2.75, 3.05) is 0 Å². The van der Waals surface area contributed by atoms with Crippen molar-refractivity contribution < 1.29 is 4.74 Å². The number of rotatable bonds is 3. The van der Waals surface area contributed by atoms with Crippen LogP contribution >= 0.6 is 0 Å². The highest BCUT2D eigenvalue weighted by atomic mass is 16.5. The number of nitrogens with two attached hydrogens (primary N) is 1. The zero-order valence-corrected chi connectivity index (χ0v) is 12.3. The van der Waals surface area contributed by atoms with Crippen molar-refractivity contribution in [1.29, 1.82) is 0 Å². The van der Waals surface area contributed by atoms with Gasteiger partial charge in [-0.1, -0.05) is 12.1 Å². The van der Waals surface area contributed by atoms with Crippen LogP contribution in [0.2, 0.25) is 0 Å². The van der Waals surface area contributed by atoms with E-state index in [1.54, 1.807) is 0 Å². The maximum atomic E-state index is 6.39. The van der Waals surface area contributed by atoms with Gasteiger partial charge >= 0.3 is 0 Å². The van der Waals surface area contributed by atoms with E-state index in [4.69, 9.17) is 10.5 Å². The summed E-state index contributed by atoms with van der Waals surface area (Å²) in [6.45, 7) is 2.02. The van der Waals surface area contributed by atoms with Crippen LogP contribution in [0.15, 0.2) is 24.3 Å². The summed E-state index contributed by atoms with van der Waals surface area (Å²) >= 11 is 0. The summed E-state index contributed by atoms with van der Waals surface area (Å²) in [7, 11) is 0. The zero-order valence-electron chi connectivity index (χ0n) is 12.3. The normalized spacial score (nSPS) is 39.8. The molecule has 4 aliphatic carbocycles. The molecule has 2 nitrogen and oxygen atoms in total. The Bertz CT molecular complexity index is 451. The van der Waals surface area contributed by atoms with Gasteiger partial charge < -0.3 is 10.5 Å². The Kier molecular flexibility index (Phi) is 3.03. The van der Waals surface area contributed by atoms with Crippen LogP contribution in [-0.4, -0.2) is 6.10 Å². The summed E-state index contributed by atoms with van der Waals surface area (Å²) in [5.74, 6) is 4.70. The van der Waals surface area contributed by atoms with Crippen molar-refractivity contribution in [2.24, 2.45) is 29.4 Å². The van der Waals surface area contributed by atoms with E-state index in [1.807, 2.05) is 6.92 Å². The van der Waals surface area contributed by atoms with Gasteiger partial charge in [0.05, 0.1) is 0 Å². The standard InChI is InChI=1S/C18H25NO/c1-11(19)14-2-4-17(5-3-14)20-18-15-7-12-6-13(9-15)10-16(18)8-12/h2-5,11-13,15-16,18H,6-10,19H2,1H3. The molecule has 5 rings (SSSR count). The smallest absolute Gasteiger partial charge is 0.119 e. The van der Waals surface area contributed by atoms with Crippen molar-refractivity contribution >= 4 is 0 Å². The fourth-order valence-electron chi connectivity index (χ4n) is 5.07. The lowest BCUT2D eigenvalue weighted by Gasteiger charge is -2.53. The van der Waals surface area contributed by atoms with Gasteiger partial charge in [0.1, 0.15) is 11.9 Å². The minimum Gasteiger partial charge on any atom is -0.490 e. The molecular weight excluding hydrogens is 246 g/mol. The summed E-state index contributed by atoms with van der Waals surface area (Å²) in [5.41, 5.74) is 7.08. The zero-order chi connectivity index (χ0) is 13.7. The number of ether oxygens (including phenoxy) is 1. The first kappa shape index (κ1) is 12.7. The molecule has 4 aliphatic rings. The van der Waals surface area contributed by atoms with Crippen LogP contribution in [0, 0.1) is 23.7 Å². The molecule has 1 atom stereocenters. The quantitative estimate of drug-likeness (QED) is 0.904. The largest absolute Gasteiger partial charge is 0.490 e. The van der Waals surface area contributed by atoms with Gasteiger partial charge in [0.2, 0.25) is 0 Å². The average molecular weight is 271 g/mol. The van der Waals surface area contributed by atoms with E-state index in [-0.39, 0.29) is 6.04 Å². The molecule has 4 saturated carbocycles. The highest BCUT2D eigenvalue weighted by Crippen LogP contribution is 2.54. The van der Waals surface area contributed by atoms with Gasteiger partial charge in [-0.05, 0) is 80.4 Å². The fraction of sp³-hybridized carbons (Fsp3) is 0.667. The minimum absolute atomic E-state index is 0.102. The molecule has 0 heterocycles. The second-order valence-electron chi connectivity index (χ2n) is 7.37. The molecule has 0 radical (unpaired) electrons. The van der Waals surface area contributed by atoms with Crippen molar-refractivity contribution in [1.82, 2.24) is 0 Å². The highest BCUT2D eigenvalue weighted by Gasteiger charge is 2.49. The topological polar surface area (TPSA) is 35.2 Å². The summed E-state index contributed by atoms with van der Waals surface area (Å²) in [5, 5.41) is 0. The van der Waals surface area contributed by atoms with Crippen LogP contribution in [-0.2, 0) is 0 Å². The molecule has 0 aliphatic heterocycles. The lowest BCUT2D eigenvalue weighted by Crippen LogP contribution is -2.50. The Balaban J connectivity index is 1.49. The molecule has 1 aromatic carbocycles. The Morgan fingerprint density at radius 1 is 0.950 bits per heavy atom. The number of hydrogen-bond acceptors (Lipinski definition) is 2. The first-order chi connectivity index (χ1) is 9.69. The Morgan fingerprint density at radius 2 is 1.50 bits per heavy atom. The van der Waals surface area contributed by atoms with Crippen LogP contribution in [0.5, 0.6) is 5.75 Å². The predicted octanol–water partition coefficient (Wildman–Crippen LogP) is 3.91. The third-order valence-corrected chi connectivity index (χ3v) is 5.82. The van der Waals surface area contributed by atoms with Gasteiger partial charge in [-0.2, -0.15) is 0 Å². The van der Waals surface area contributed by atoms with E-state index in [1.165, 1.54) is 37.7 Å². The van der Waals surface area contributed by atoms with Gasteiger partial charge in [-0.3, -0.25) is 0 Å². The molecular formula is C18H25NO. The first-order valence-electron chi connectivity index (χ1n) is 8.21. The molecule has 1 aromatic rings. The monoisotopic (exact) mass is 271 g/mol. The van der Waals surface area contributed by atoms with E-state index in [0.717, 1.165) is 29.4 Å². The van der Waals surface area contributed by atoms with Crippen LogP contribution in [0.1, 0.15) is 50.6 Å². The Morgan fingerprint density at radius 3 is 2.00 bits per heavy atom. The van der Waals surface area contributed by atoms with E-state index in [0.29, 0.717) is 6.10 Å². The molecule has 0 aromatic heterocycles. The highest BCUT2D eigenvalue weighted by molar-refractivity contribution is 5.29. The maximum Gasteiger partial charge on any atom is 0.119 e. The van der Waals surface area contributed by atoms with E-state index in [9.17, 15) is 0 Å². The molecule has 4 fully saturated rings. The molecule has 20 heavy (non-hydrogen) atoms. The molecule has 108 valence electrons. The molecule has 0 amide bonds. The molecule has 4 bridgehead atoms. The molecule has 2 heteroatoms. The summed E-state index contributed by atoms with van der Waals surface area (Å²) < 4.78 is 6.39. The summed E-state index contributed by atoms with van der Waals surface area (Å²) in [6, 6.07) is 8.52. The van der Waals surface area contributed by atoms with E-state index in [2.05, 4.69) is 24.3 Å². The van der Waals surface area contributed by atoms with Crippen molar-refractivity contribution in [3.05, 3.63) is 29.8 Å². The lowest BCUT2D eigenvalue weighted by atomic mass is 9.55. The van der Waals surface area contributed by atoms with Crippen LogP contribution in [0.25, 0.3) is 0 Å². The lowest BCUT2D eigenvalue weighted by molar-refractivity contribution is -0.0789. The fourth-order valence-corrected chi connectivity index (χ4v) is 5.07. The van der Waals surface area contributed by atoms with Crippen LogP contribution in [0.3, 0.4) is 0 Å². The second kappa shape index (κ2) is 4.77. The summed E-state index contributed by atoms with van der Waals surface area (Å²) in [4.78, 5) is 0. The van der Waals surface area contributed by atoms with E-state index >= 15 is 0 Å². The van der Waals surface area contributed by atoms with Crippen molar-refractivity contribution in [3.8, 4) is 5.75 Å². The second-order valence-corrected chi connectivity index (χ2v) is 7.37. The van der Waals surface area contributed by atoms with Gasteiger partial charge in [-0.15, -0.1) is 0 Å². The van der Waals surface area contributed by atoms with Crippen molar-refractivity contribution in [3.63, 3.8) is 0 Å². The van der Waals surface area contributed by atoms with Crippen LogP contribution < -0.4 is 10.5 Å². The number of hydrogen-bond donors (Lipinski definition) is 1. The average Bonchev–Trinajstić information content (AvgIpc) is 2.42. The van der Waals surface area contributed by atoms with Crippen LogP contribution in [0.4, 0.5) is 0 Å². The Hall–Kier alpha value is -1.02. The minimum atomic E-state index is 0.102. The van der Waals surface area contributed by atoms with Gasteiger partial charge in [0, 0.05) is 6.04 Å². The molecule has 2 N–H and O–H groups in total. The third-order valence-electron chi connectivity index (χ3n) is 5.82. The third kappa shape index (κ3) is 2.14. The molecule has 0 spiro atoms. The SMILES string of the molecule is CC(N)c1ccc(OC2C3CC4CC(C3)CC2C4)cc1. The first-order valence-corrected chi connectivity index (χ1v) is 8.21. The van der Waals surface area contributed by atoms with Gasteiger partial charge in [0.15, 0.2) is 0 Å². The van der Waals surface area contributed by atoms with Gasteiger partial charge in [0.25, 0.3) is 0 Å².